The molecule has 0 aliphatic carbocycles. The standard InChI is InChI=1S/C9H10N6O/c1-15-8(6(10)4-13-15)14-9(16)7-5-11-2-3-12-7/h2-5H,10H2,1H3,(H,14,16). The minimum Gasteiger partial charge on any atom is -0.394 e. The Labute approximate surface area is 91.3 Å². The van der Waals surface area contributed by atoms with Crippen LogP contribution in [0.25, 0.3) is 0 Å². The third-order valence-electron chi connectivity index (χ3n) is 1.99. The van der Waals surface area contributed by atoms with Gasteiger partial charge in [-0.1, -0.05) is 0 Å². The lowest BCUT2D eigenvalue weighted by Crippen LogP contribution is -2.17. The average Bonchev–Trinajstić information content (AvgIpc) is 2.62. The van der Waals surface area contributed by atoms with Crippen LogP contribution in [0.2, 0.25) is 0 Å². The Hall–Kier alpha value is -2.44. The molecule has 2 heterocycles. The van der Waals surface area contributed by atoms with Gasteiger partial charge in [-0.3, -0.25) is 14.5 Å². The van der Waals surface area contributed by atoms with Gasteiger partial charge in [0.25, 0.3) is 5.91 Å². The van der Waals surface area contributed by atoms with Crippen LogP contribution in [0.5, 0.6) is 0 Å². The van der Waals surface area contributed by atoms with Gasteiger partial charge in [0.15, 0.2) is 5.82 Å². The summed E-state index contributed by atoms with van der Waals surface area (Å²) >= 11 is 0. The van der Waals surface area contributed by atoms with E-state index in [1.807, 2.05) is 0 Å². The van der Waals surface area contributed by atoms with E-state index >= 15 is 0 Å². The Kier molecular flexibility index (Phi) is 2.50. The second-order valence-electron chi connectivity index (χ2n) is 3.12. The molecule has 0 saturated carbocycles. The van der Waals surface area contributed by atoms with Gasteiger partial charge in [-0.25, -0.2) is 4.98 Å². The molecular weight excluding hydrogens is 208 g/mol. The monoisotopic (exact) mass is 218 g/mol. The number of nitrogen functional groups attached to an aromatic ring is 1. The van der Waals surface area contributed by atoms with E-state index in [2.05, 4.69) is 20.4 Å². The maximum atomic E-state index is 11.7. The van der Waals surface area contributed by atoms with Crippen LogP contribution in [0, 0.1) is 0 Å². The lowest BCUT2D eigenvalue weighted by Gasteiger charge is -2.05. The summed E-state index contributed by atoms with van der Waals surface area (Å²) < 4.78 is 1.48. The molecule has 0 bridgehead atoms. The van der Waals surface area contributed by atoms with E-state index in [1.165, 1.54) is 29.5 Å². The number of rotatable bonds is 2. The van der Waals surface area contributed by atoms with Gasteiger partial charge < -0.3 is 11.1 Å². The van der Waals surface area contributed by atoms with Gasteiger partial charge in [0.2, 0.25) is 0 Å². The lowest BCUT2D eigenvalue weighted by atomic mass is 10.4. The highest BCUT2D eigenvalue weighted by atomic mass is 16.2. The molecule has 3 N–H and O–H groups in total. The predicted octanol–water partition coefficient (Wildman–Crippen LogP) is 0.0446. The molecule has 2 aromatic rings. The SMILES string of the molecule is Cn1ncc(N)c1NC(=O)c1cnccn1. The van der Waals surface area contributed by atoms with Crippen LogP contribution in [-0.4, -0.2) is 25.7 Å². The summed E-state index contributed by atoms with van der Waals surface area (Å²) in [6.45, 7) is 0. The summed E-state index contributed by atoms with van der Waals surface area (Å²) in [5, 5.41) is 6.51. The van der Waals surface area contributed by atoms with E-state index in [-0.39, 0.29) is 11.6 Å². The minimum absolute atomic E-state index is 0.225. The first kappa shape index (κ1) is 10.1. The maximum absolute atomic E-state index is 11.7. The molecule has 1 amide bonds. The molecule has 0 atom stereocenters. The molecular formula is C9H10N6O. The van der Waals surface area contributed by atoms with Gasteiger partial charge in [0.05, 0.1) is 18.1 Å². The van der Waals surface area contributed by atoms with Crippen LogP contribution in [0.4, 0.5) is 11.5 Å². The van der Waals surface area contributed by atoms with Crippen molar-refractivity contribution in [2.45, 2.75) is 0 Å². The van der Waals surface area contributed by atoms with E-state index in [9.17, 15) is 4.79 Å². The number of aromatic nitrogens is 4. The van der Waals surface area contributed by atoms with Gasteiger partial charge in [-0.05, 0) is 0 Å². The van der Waals surface area contributed by atoms with E-state index in [4.69, 9.17) is 5.73 Å². The van der Waals surface area contributed by atoms with E-state index < -0.39 is 0 Å². The second-order valence-corrected chi connectivity index (χ2v) is 3.12. The van der Waals surface area contributed by atoms with Crippen molar-refractivity contribution in [1.82, 2.24) is 19.7 Å². The zero-order chi connectivity index (χ0) is 11.5. The number of carbonyl (C=O) groups is 1. The summed E-state index contributed by atoms with van der Waals surface area (Å²) in [5.41, 5.74) is 6.26. The number of carbonyl (C=O) groups excluding carboxylic acids is 1. The first-order valence-electron chi connectivity index (χ1n) is 4.53. The number of hydrogen-bond donors (Lipinski definition) is 2. The number of nitrogens with one attached hydrogen (secondary N) is 1. The van der Waals surface area contributed by atoms with Crippen molar-refractivity contribution >= 4 is 17.4 Å². The molecule has 0 saturated heterocycles. The van der Waals surface area contributed by atoms with Crippen molar-refractivity contribution in [3.8, 4) is 0 Å². The van der Waals surface area contributed by atoms with Gasteiger partial charge in [0.1, 0.15) is 5.69 Å². The summed E-state index contributed by atoms with van der Waals surface area (Å²) in [5.74, 6) is 0.0686. The van der Waals surface area contributed by atoms with Crippen LogP contribution >= 0.6 is 0 Å². The Morgan fingerprint density at radius 3 is 2.81 bits per heavy atom. The molecule has 0 aromatic carbocycles. The molecule has 7 nitrogen and oxygen atoms in total. The third kappa shape index (κ3) is 1.83. The number of nitrogens with zero attached hydrogens (tertiary/aromatic N) is 4. The lowest BCUT2D eigenvalue weighted by molar-refractivity contribution is 0.102. The molecule has 0 unspecified atom stereocenters. The summed E-state index contributed by atoms with van der Waals surface area (Å²) in [6, 6.07) is 0. The van der Waals surface area contributed by atoms with Crippen LogP contribution in [0.3, 0.4) is 0 Å². The average molecular weight is 218 g/mol. The fraction of sp³-hybridized carbons (Fsp3) is 0.111. The van der Waals surface area contributed by atoms with Crippen molar-refractivity contribution in [1.29, 1.82) is 0 Å². The number of aryl methyl sites for hydroxylation is 1. The zero-order valence-corrected chi connectivity index (χ0v) is 8.58. The fourth-order valence-electron chi connectivity index (χ4n) is 1.20. The van der Waals surface area contributed by atoms with Crippen LogP contribution in [0.15, 0.2) is 24.8 Å². The van der Waals surface area contributed by atoms with Gasteiger partial charge in [-0.2, -0.15) is 5.10 Å². The first-order chi connectivity index (χ1) is 7.68. The van der Waals surface area contributed by atoms with Crippen LogP contribution in [-0.2, 0) is 7.05 Å². The normalized spacial score (nSPS) is 10.1. The molecule has 82 valence electrons. The molecule has 0 fully saturated rings. The number of hydrogen-bond acceptors (Lipinski definition) is 5. The van der Waals surface area contributed by atoms with Crippen molar-refractivity contribution in [3.05, 3.63) is 30.5 Å². The molecule has 0 spiro atoms. The fourth-order valence-corrected chi connectivity index (χ4v) is 1.20. The van der Waals surface area contributed by atoms with Gasteiger partial charge in [-0.15, -0.1) is 0 Å². The molecule has 2 aromatic heterocycles. The second kappa shape index (κ2) is 3.97. The van der Waals surface area contributed by atoms with E-state index in [1.54, 1.807) is 7.05 Å². The topological polar surface area (TPSA) is 98.7 Å². The number of nitrogens with two attached hydrogens (primary N) is 1. The van der Waals surface area contributed by atoms with Crippen LogP contribution in [0.1, 0.15) is 10.5 Å². The molecule has 0 radical (unpaired) electrons. The highest BCUT2D eigenvalue weighted by molar-refractivity contribution is 6.03. The summed E-state index contributed by atoms with van der Waals surface area (Å²) in [4.78, 5) is 19.4. The van der Waals surface area contributed by atoms with Gasteiger partial charge >= 0.3 is 0 Å². The molecule has 0 aliphatic rings. The Morgan fingerprint density at radius 2 is 2.25 bits per heavy atom. The molecule has 0 aliphatic heterocycles. The largest absolute Gasteiger partial charge is 0.394 e. The Bertz CT molecular complexity index is 486. The molecule has 16 heavy (non-hydrogen) atoms. The number of anilines is 2. The minimum atomic E-state index is -0.372. The highest BCUT2D eigenvalue weighted by Gasteiger charge is 2.12. The first-order valence-corrected chi connectivity index (χ1v) is 4.53. The van der Waals surface area contributed by atoms with Crippen molar-refractivity contribution in [2.75, 3.05) is 11.1 Å². The zero-order valence-electron chi connectivity index (χ0n) is 8.58. The Morgan fingerprint density at radius 1 is 1.44 bits per heavy atom. The van der Waals surface area contributed by atoms with E-state index in [0.29, 0.717) is 11.5 Å². The number of amides is 1. The van der Waals surface area contributed by atoms with Crippen LogP contribution < -0.4 is 11.1 Å². The molecule has 7 heteroatoms. The molecule has 2 rings (SSSR count). The van der Waals surface area contributed by atoms with Crippen molar-refractivity contribution in [2.24, 2.45) is 7.05 Å². The summed E-state index contributed by atoms with van der Waals surface area (Å²) in [6.07, 6.45) is 5.78. The van der Waals surface area contributed by atoms with Gasteiger partial charge in [0, 0.05) is 19.4 Å². The van der Waals surface area contributed by atoms with Crippen molar-refractivity contribution < 1.29 is 4.79 Å². The maximum Gasteiger partial charge on any atom is 0.277 e. The smallest absolute Gasteiger partial charge is 0.277 e. The highest BCUT2D eigenvalue weighted by Crippen LogP contribution is 2.16. The summed E-state index contributed by atoms with van der Waals surface area (Å²) in [7, 11) is 1.68. The quantitative estimate of drug-likeness (QED) is 0.741. The Balaban J connectivity index is 2.21. The van der Waals surface area contributed by atoms with Crippen molar-refractivity contribution in [3.63, 3.8) is 0 Å². The third-order valence-corrected chi connectivity index (χ3v) is 1.99. The van der Waals surface area contributed by atoms with E-state index in [0.717, 1.165) is 0 Å². The predicted molar refractivity (Wildman–Crippen MR) is 57.6 cm³/mol.